The molecule has 0 aliphatic carbocycles. The number of carbonyl (C=O) groups excluding carboxylic acids is 3. The Labute approximate surface area is 93.9 Å². The van der Waals surface area contributed by atoms with Gasteiger partial charge in [-0.3, -0.25) is 19.3 Å². The summed E-state index contributed by atoms with van der Waals surface area (Å²) in [4.78, 5) is 34.7. The van der Waals surface area contributed by atoms with Gasteiger partial charge in [-0.1, -0.05) is 0 Å². The Morgan fingerprint density at radius 1 is 1.56 bits per heavy atom. The molecular weight excluding hydrogens is 212 g/mol. The van der Waals surface area contributed by atoms with Gasteiger partial charge in [0.05, 0.1) is 25.5 Å². The number of esters is 1. The largest absolute Gasteiger partial charge is 0.466 e. The second-order valence-electron chi connectivity index (χ2n) is 3.56. The molecule has 2 amide bonds. The van der Waals surface area contributed by atoms with Crippen molar-refractivity contribution in [3.05, 3.63) is 0 Å². The number of hydrogen-bond acceptors (Lipinski definition) is 5. The molecule has 0 aromatic carbocycles. The summed E-state index contributed by atoms with van der Waals surface area (Å²) in [7, 11) is 1.46. The summed E-state index contributed by atoms with van der Waals surface area (Å²) >= 11 is 0. The summed E-state index contributed by atoms with van der Waals surface area (Å²) in [6.07, 6.45) is 0.369. The number of hydrogen-bond donors (Lipinski definition) is 1. The fourth-order valence-electron chi connectivity index (χ4n) is 1.50. The van der Waals surface area contributed by atoms with E-state index < -0.39 is 6.04 Å². The van der Waals surface area contributed by atoms with Crippen LogP contribution in [-0.2, 0) is 19.1 Å². The summed E-state index contributed by atoms with van der Waals surface area (Å²) in [5.74, 6) is -0.743. The Morgan fingerprint density at radius 2 is 2.25 bits per heavy atom. The van der Waals surface area contributed by atoms with Crippen LogP contribution in [0.1, 0.15) is 19.8 Å². The number of likely N-dealkylation sites (tertiary alicyclic amines) is 1. The van der Waals surface area contributed by atoms with E-state index in [-0.39, 0.29) is 30.6 Å². The number of nitrogens with zero attached hydrogens (tertiary/aromatic N) is 1. The average molecular weight is 228 g/mol. The summed E-state index contributed by atoms with van der Waals surface area (Å²) < 4.78 is 4.73. The standard InChI is InChI=1S/C10H16N2O4/c1-3-16-9(14)4-5-11-7-6-8(13)12(2)10(7)15/h7,11H,3-6H2,1-2H3. The van der Waals surface area contributed by atoms with E-state index in [2.05, 4.69) is 5.32 Å². The van der Waals surface area contributed by atoms with Crippen LogP contribution in [0.25, 0.3) is 0 Å². The molecule has 1 unspecified atom stereocenters. The Kier molecular flexibility index (Phi) is 4.42. The maximum Gasteiger partial charge on any atom is 0.307 e. The van der Waals surface area contributed by atoms with Crippen LogP contribution in [0.5, 0.6) is 0 Å². The van der Waals surface area contributed by atoms with Crippen LogP contribution in [0.4, 0.5) is 0 Å². The quantitative estimate of drug-likeness (QED) is 0.497. The Bertz CT molecular complexity index is 303. The van der Waals surface area contributed by atoms with Crippen LogP contribution in [0, 0.1) is 0 Å². The van der Waals surface area contributed by atoms with Gasteiger partial charge in [0, 0.05) is 13.6 Å². The predicted octanol–water partition coefficient (Wildman–Crippen LogP) is -0.713. The van der Waals surface area contributed by atoms with Crippen molar-refractivity contribution in [3.8, 4) is 0 Å². The molecule has 6 nitrogen and oxygen atoms in total. The van der Waals surface area contributed by atoms with E-state index in [1.165, 1.54) is 7.05 Å². The van der Waals surface area contributed by atoms with E-state index >= 15 is 0 Å². The second-order valence-corrected chi connectivity index (χ2v) is 3.56. The van der Waals surface area contributed by atoms with Gasteiger partial charge in [-0.15, -0.1) is 0 Å². The van der Waals surface area contributed by atoms with Crippen LogP contribution >= 0.6 is 0 Å². The number of carbonyl (C=O) groups is 3. The summed E-state index contributed by atoms with van der Waals surface area (Å²) in [5, 5.41) is 2.87. The first-order valence-corrected chi connectivity index (χ1v) is 5.25. The Balaban J connectivity index is 2.26. The third-order valence-corrected chi connectivity index (χ3v) is 2.41. The minimum atomic E-state index is -0.494. The molecule has 1 N–H and O–H groups in total. The van der Waals surface area contributed by atoms with Crippen molar-refractivity contribution in [1.82, 2.24) is 10.2 Å². The molecule has 1 fully saturated rings. The first kappa shape index (κ1) is 12.6. The van der Waals surface area contributed by atoms with Crippen molar-refractivity contribution in [1.29, 1.82) is 0 Å². The maximum absolute atomic E-state index is 11.4. The van der Waals surface area contributed by atoms with E-state index in [4.69, 9.17) is 4.74 Å². The second kappa shape index (κ2) is 5.60. The normalized spacial score (nSPS) is 20.4. The molecule has 1 aliphatic rings. The van der Waals surface area contributed by atoms with E-state index in [1.807, 2.05) is 0 Å². The van der Waals surface area contributed by atoms with Gasteiger partial charge in [-0.25, -0.2) is 0 Å². The lowest BCUT2D eigenvalue weighted by Crippen LogP contribution is -2.38. The zero-order chi connectivity index (χ0) is 12.1. The molecular formula is C10H16N2O4. The van der Waals surface area contributed by atoms with E-state index in [9.17, 15) is 14.4 Å². The number of rotatable bonds is 5. The molecule has 0 aromatic rings. The fraction of sp³-hybridized carbons (Fsp3) is 0.700. The van der Waals surface area contributed by atoms with Crippen LogP contribution in [0.15, 0.2) is 0 Å². The van der Waals surface area contributed by atoms with E-state index in [0.717, 1.165) is 4.90 Å². The van der Waals surface area contributed by atoms with Gasteiger partial charge < -0.3 is 10.1 Å². The van der Waals surface area contributed by atoms with Crippen molar-refractivity contribution in [2.45, 2.75) is 25.8 Å². The SMILES string of the molecule is CCOC(=O)CCNC1CC(=O)N(C)C1=O. The number of likely N-dealkylation sites (N-methyl/N-ethyl adjacent to an activating group) is 1. The highest BCUT2D eigenvalue weighted by Gasteiger charge is 2.35. The zero-order valence-electron chi connectivity index (χ0n) is 9.49. The molecule has 1 saturated heterocycles. The lowest BCUT2D eigenvalue weighted by Gasteiger charge is -2.10. The molecule has 1 aliphatic heterocycles. The fourth-order valence-corrected chi connectivity index (χ4v) is 1.50. The van der Waals surface area contributed by atoms with Crippen LogP contribution < -0.4 is 5.32 Å². The lowest BCUT2D eigenvalue weighted by atomic mass is 10.2. The zero-order valence-corrected chi connectivity index (χ0v) is 9.49. The molecule has 0 spiro atoms. The summed E-state index contributed by atoms with van der Waals surface area (Å²) in [6, 6.07) is -0.494. The number of ether oxygens (including phenoxy) is 1. The first-order chi connectivity index (χ1) is 7.56. The highest BCUT2D eigenvalue weighted by molar-refractivity contribution is 6.05. The number of amides is 2. The molecule has 6 heteroatoms. The van der Waals surface area contributed by atoms with Crippen molar-refractivity contribution in [2.75, 3.05) is 20.2 Å². The third-order valence-electron chi connectivity index (χ3n) is 2.41. The van der Waals surface area contributed by atoms with Gasteiger partial charge in [-0.2, -0.15) is 0 Å². The molecule has 1 heterocycles. The van der Waals surface area contributed by atoms with Crippen LogP contribution in [0.2, 0.25) is 0 Å². The van der Waals surface area contributed by atoms with E-state index in [0.29, 0.717) is 13.2 Å². The molecule has 1 rings (SSSR count). The third kappa shape index (κ3) is 3.03. The van der Waals surface area contributed by atoms with Gasteiger partial charge in [-0.05, 0) is 6.92 Å². The van der Waals surface area contributed by atoms with Crippen LogP contribution in [-0.4, -0.2) is 48.9 Å². The molecule has 1 atom stereocenters. The van der Waals surface area contributed by atoms with Crippen molar-refractivity contribution < 1.29 is 19.1 Å². The predicted molar refractivity (Wildman–Crippen MR) is 55.4 cm³/mol. The minimum Gasteiger partial charge on any atom is -0.466 e. The summed E-state index contributed by atoms with van der Waals surface area (Å²) in [6.45, 7) is 2.43. The van der Waals surface area contributed by atoms with Crippen molar-refractivity contribution in [3.63, 3.8) is 0 Å². The van der Waals surface area contributed by atoms with Gasteiger partial charge in [0.1, 0.15) is 0 Å². The van der Waals surface area contributed by atoms with Crippen molar-refractivity contribution >= 4 is 17.8 Å². The molecule has 0 aromatic heterocycles. The van der Waals surface area contributed by atoms with Gasteiger partial charge >= 0.3 is 5.97 Å². The Hall–Kier alpha value is -1.43. The molecule has 0 radical (unpaired) electrons. The minimum absolute atomic E-state index is 0.165. The lowest BCUT2D eigenvalue weighted by molar-refractivity contribution is -0.143. The maximum atomic E-state index is 11.4. The van der Waals surface area contributed by atoms with Gasteiger partial charge in [0.2, 0.25) is 11.8 Å². The monoisotopic (exact) mass is 228 g/mol. The van der Waals surface area contributed by atoms with Gasteiger partial charge in [0.15, 0.2) is 0 Å². The van der Waals surface area contributed by atoms with Crippen LogP contribution in [0.3, 0.4) is 0 Å². The molecule has 0 bridgehead atoms. The number of imide groups is 1. The molecule has 0 saturated carbocycles. The Morgan fingerprint density at radius 3 is 2.75 bits per heavy atom. The average Bonchev–Trinajstić information content (AvgIpc) is 2.47. The molecule has 90 valence electrons. The topological polar surface area (TPSA) is 75.7 Å². The number of nitrogens with one attached hydrogen (secondary N) is 1. The van der Waals surface area contributed by atoms with E-state index in [1.54, 1.807) is 6.92 Å². The first-order valence-electron chi connectivity index (χ1n) is 5.25. The van der Waals surface area contributed by atoms with Crippen molar-refractivity contribution in [2.24, 2.45) is 0 Å². The smallest absolute Gasteiger partial charge is 0.307 e. The summed E-state index contributed by atoms with van der Waals surface area (Å²) in [5.41, 5.74) is 0. The highest BCUT2D eigenvalue weighted by atomic mass is 16.5. The highest BCUT2D eigenvalue weighted by Crippen LogP contribution is 2.10. The van der Waals surface area contributed by atoms with Gasteiger partial charge in [0.25, 0.3) is 0 Å². The molecule has 16 heavy (non-hydrogen) atoms.